The Morgan fingerprint density at radius 3 is 2.61 bits per heavy atom. The molecule has 0 aliphatic rings. The second kappa shape index (κ2) is 10.7. The SMILES string of the molecule is CCOC(=O)OCCN(C)C(=O)n1c(SCc2ncc(C)c(C)c2C)nc2cc(C)ccc21. The number of amides is 1. The number of rotatable bonds is 7. The maximum Gasteiger partial charge on any atom is 0.508 e. The molecule has 0 saturated carbocycles. The number of benzene rings is 1. The molecule has 2 heterocycles. The fraction of sp³-hybridized carbons (Fsp3) is 0.417. The van der Waals surface area contributed by atoms with E-state index in [0.29, 0.717) is 10.9 Å². The first-order chi connectivity index (χ1) is 15.7. The van der Waals surface area contributed by atoms with Gasteiger partial charge in [0.1, 0.15) is 6.61 Å². The van der Waals surface area contributed by atoms with Crippen LogP contribution in [0, 0.1) is 27.7 Å². The molecule has 0 aliphatic carbocycles. The lowest BCUT2D eigenvalue weighted by molar-refractivity contribution is 0.0550. The van der Waals surface area contributed by atoms with Gasteiger partial charge in [0, 0.05) is 19.0 Å². The number of pyridine rings is 1. The monoisotopic (exact) mass is 470 g/mol. The summed E-state index contributed by atoms with van der Waals surface area (Å²) in [5, 5.41) is 0.596. The fourth-order valence-electron chi connectivity index (χ4n) is 3.30. The highest BCUT2D eigenvalue weighted by atomic mass is 32.2. The maximum absolute atomic E-state index is 13.4. The molecule has 3 aromatic rings. The maximum atomic E-state index is 13.4. The van der Waals surface area contributed by atoms with Crippen molar-refractivity contribution in [1.29, 1.82) is 0 Å². The number of aromatic nitrogens is 3. The second-order valence-electron chi connectivity index (χ2n) is 7.88. The van der Waals surface area contributed by atoms with E-state index in [1.54, 1.807) is 18.5 Å². The van der Waals surface area contributed by atoms with Gasteiger partial charge in [0.2, 0.25) is 0 Å². The molecule has 9 heteroatoms. The van der Waals surface area contributed by atoms with E-state index in [4.69, 9.17) is 14.5 Å². The zero-order chi connectivity index (χ0) is 24.1. The Labute approximate surface area is 198 Å². The van der Waals surface area contributed by atoms with Gasteiger partial charge in [-0.3, -0.25) is 4.98 Å². The minimum absolute atomic E-state index is 0.0427. The van der Waals surface area contributed by atoms with Crippen LogP contribution in [-0.2, 0) is 15.2 Å². The standard InChI is InChI=1S/C24H30N4O4S/c1-7-31-24(30)32-11-10-27(6)23(29)28-21-9-8-15(2)12-19(21)26-22(28)33-14-20-18(5)17(4)16(3)13-25-20/h8-9,12-13H,7,10-11,14H2,1-6H3. The van der Waals surface area contributed by atoms with E-state index in [9.17, 15) is 9.59 Å². The van der Waals surface area contributed by atoms with Crippen molar-refractivity contribution in [1.82, 2.24) is 19.4 Å². The number of imidazole rings is 1. The molecule has 1 amide bonds. The Kier molecular flexibility index (Phi) is 7.97. The summed E-state index contributed by atoms with van der Waals surface area (Å²) in [6, 6.07) is 5.58. The number of thioether (sulfide) groups is 1. The summed E-state index contributed by atoms with van der Waals surface area (Å²) in [6.45, 7) is 10.4. The van der Waals surface area contributed by atoms with Crippen molar-refractivity contribution in [2.24, 2.45) is 0 Å². The predicted molar refractivity (Wildman–Crippen MR) is 129 cm³/mol. The van der Waals surface area contributed by atoms with Crippen LogP contribution in [0.5, 0.6) is 0 Å². The van der Waals surface area contributed by atoms with Crippen LogP contribution in [-0.4, -0.2) is 58.4 Å². The van der Waals surface area contributed by atoms with E-state index >= 15 is 0 Å². The molecule has 176 valence electrons. The minimum atomic E-state index is -0.741. The van der Waals surface area contributed by atoms with Gasteiger partial charge in [0.25, 0.3) is 0 Å². The molecule has 3 rings (SSSR count). The summed E-state index contributed by atoms with van der Waals surface area (Å²) in [5.74, 6) is 0.595. The molecule has 0 unspecified atom stereocenters. The van der Waals surface area contributed by atoms with Crippen molar-refractivity contribution in [3.63, 3.8) is 0 Å². The van der Waals surface area contributed by atoms with Crippen molar-refractivity contribution in [2.75, 3.05) is 26.8 Å². The van der Waals surface area contributed by atoms with E-state index in [0.717, 1.165) is 33.4 Å². The van der Waals surface area contributed by atoms with Crippen molar-refractivity contribution in [2.45, 2.75) is 45.5 Å². The van der Waals surface area contributed by atoms with Crippen LogP contribution in [0.3, 0.4) is 0 Å². The quantitative estimate of drug-likeness (QED) is 0.353. The minimum Gasteiger partial charge on any atom is -0.435 e. The lowest BCUT2D eigenvalue weighted by atomic mass is 10.1. The first kappa shape index (κ1) is 24.6. The average molecular weight is 471 g/mol. The van der Waals surface area contributed by atoms with Gasteiger partial charge < -0.3 is 14.4 Å². The molecule has 1 aromatic carbocycles. The van der Waals surface area contributed by atoms with Gasteiger partial charge in [-0.1, -0.05) is 17.8 Å². The van der Waals surface area contributed by atoms with Gasteiger partial charge in [-0.05, 0) is 69.0 Å². The molecule has 0 spiro atoms. The Morgan fingerprint density at radius 1 is 1.12 bits per heavy atom. The highest BCUT2D eigenvalue weighted by molar-refractivity contribution is 7.98. The lowest BCUT2D eigenvalue weighted by Crippen LogP contribution is -2.34. The number of carbonyl (C=O) groups excluding carboxylic acids is 2. The zero-order valence-electron chi connectivity index (χ0n) is 20.0. The molecule has 0 atom stereocenters. The van der Waals surface area contributed by atoms with Crippen molar-refractivity contribution >= 4 is 35.0 Å². The van der Waals surface area contributed by atoms with E-state index in [1.165, 1.54) is 22.2 Å². The van der Waals surface area contributed by atoms with Gasteiger partial charge in [0.05, 0.1) is 29.9 Å². The van der Waals surface area contributed by atoms with Gasteiger partial charge in [0.15, 0.2) is 5.16 Å². The number of ether oxygens (including phenoxy) is 2. The third-order valence-electron chi connectivity index (χ3n) is 5.54. The Morgan fingerprint density at radius 2 is 1.88 bits per heavy atom. The Balaban J connectivity index is 1.84. The van der Waals surface area contributed by atoms with Crippen LogP contribution in [0.25, 0.3) is 11.0 Å². The van der Waals surface area contributed by atoms with Crippen LogP contribution < -0.4 is 0 Å². The summed E-state index contributed by atoms with van der Waals surface area (Å²) < 4.78 is 11.4. The molecular formula is C24H30N4O4S. The number of hydrogen-bond donors (Lipinski definition) is 0. The van der Waals surface area contributed by atoms with Crippen molar-refractivity contribution in [3.8, 4) is 0 Å². The van der Waals surface area contributed by atoms with E-state index in [2.05, 4.69) is 18.8 Å². The smallest absolute Gasteiger partial charge is 0.435 e. The summed E-state index contributed by atoms with van der Waals surface area (Å²) in [6.07, 6.45) is 1.14. The third-order valence-corrected chi connectivity index (χ3v) is 6.49. The van der Waals surface area contributed by atoms with Crippen LogP contribution >= 0.6 is 11.8 Å². The van der Waals surface area contributed by atoms with Gasteiger partial charge in [-0.2, -0.15) is 0 Å². The molecule has 0 N–H and O–H groups in total. The van der Waals surface area contributed by atoms with Gasteiger partial charge in [-0.25, -0.2) is 19.1 Å². The van der Waals surface area contributed by atoms with Crippen molar-refractivity contribution < 1.29 is 19.1 Å². The molecule has 0 bridgehead atoms. The van der Waals surface area contributed by atoms with Gasteiger partial charge in [-0.15, -0.1) is 0 Å². The number of nitrogens with zero attached hydrogens (tertiary/aromatic N) is 4. The molecule has 0 saturated heterocycles. The highest BCUT2D eigenvalue weighted by Gasteiger charge is 2.21. The Bertz CT molecular complexity index is 1170. The number of hydrogen-bond acceptors (Lipinski definition) is 7. The molecule has 0 aliphatic heterocycles. The fourth-order valence-corrected chi connectivity index (χ4v) is 4.33. The number of aryl methyl sites for hydroxylation is 2. The topological polar surface area (TPSA) is 86.5 Å². The molecule has 8 nitrogen and oxygen atoms in total. The summed E-state index contributed by atoms with van der Waals surface area (Å²) in [5.41, 5.74) is 7.07. The first-order valence-corrected chi connectivity index (χ1v) is 11.8. The summed E-state index contributed by atoms with van der Waals surface area (Å²) in [7, 11) is 1.67. The van der Waals surface area contributed by atoms with Crippen LogP contribution in [0.4, 0.5) is 9.59 Å². The zero-order valence-corrected chi connectivity index (χ0v) is 20.8. The first-order valence-electron chi connectivity index (χ1n) is 10.8. The molecule has 2 aromatic heterocycles. The molecule has 0 fully saturated rings. The lowest BCUT2D eigenvalue weighted by Gasteiger charge is -2.19. The van der Waals surface area contributed by atoms with Crippen LogP contribution in [0.2, 0.25) is 0 Å². The Hall–Kier alpha value is -3.07. The molecule has 0 radical (unpaired) electrons. The van der Waals surface area contributed by atoms with E-state index in [-0.39, 0.29) is 25.8 Å². The van der Waals surface area contributed by atoms with E-state index in [1.807, 2.05) is 38.2 Å². The molecular weight excluding hydrogens is 440 g/mol. The highest BCUT2D eigenvalue weighted by Crippen LogP contribution is 2.29. The van der Waals surface area contributed by atoms with Gasteiger partial charge >= 0.3 is 12.2 Å². The number of fused-ring (bicyclic) bond motifs is 1. The summed E-state index contributed by atoms with van der Waals surface area (Å²) >= 11 is 1.48. The number of carbonyl (C=O) groups is 2. The largest absolute Gasteiger partial charge is 0.508 e. The second-order valence-corrected chi connectivity index (χ2v) is 8.83. The number of likely N-dealkylation sites (N-methyl/N-ethyl adjacent to an activating group) is 1. The average Bonchev–Trinajstić information content (AvgIpc) is 3.13. The van der Waals surface area contributed by atoms with E-state index < -0.39 is 6.16 Å². The summed E-state index contributed by atoms with van der Waals surface area (Å²) in [4.78, 5) is 35.6. The predicted octanol–water partition coefficient (Wildman–Crippen LogP) is 5.03. The molecule has 33 heavy (non-hydrogen) atoms. The normalized spacial score (nSPS) is 11.0. The third kappa shape index (κ3) is 5.65. The van der Waals surface area contributed by atoms with Crippen molar-refractivity contribution in [3.05, 3.63) is 52.3 Å². The van der Waals surface area contributed by atoms with Crippen LogP contribution in [0.1, 0.15) is 34.9 Å². The van der Waals surface area contributed by atoms with Crippen LogP contribution in [0.15, 0.2) is 29.6 Å².